The average molecular weight is 427 g/mol. The predicted molar refractivity (Wildman–Crippen MR) is 133 cm³/mol. The van der Waals surface area contributed by atoms with E-state index < -0.39 is 0 Å². The van der Waals surface area contributed by atoms with E-state index in [9.17, 15) is 5.11 Å². The number of fused-ring (bicyclic) bond motifs is 5. The first-order valence-electron chi connectivity index (χ1n) is 13.4. The molecule has 0 aromatic heterocycles. The van der Waals surface area contributed by atoms with Crippen LogP contribution in [0.2, 0.25) is 0 Å². The zero-order valence-electron chi connectivity index (χ0n) is 21.7. The van der Waals surface area contributed by atoms with Crippen LogP contribution < -0.4 is 0 Å². The molecule has 0 aromatic rings. The normalized spacial score (nSPS) is 47.0. The monoisotopic (exact) mass is 426 g/mol. The lowest BCUT2D eigenvalue weighted by atomic mass is 9.37. The molecule has 0 aliphatic heterocycles. The molecule has 1 nitrogen and oxygen atoms in total. The quantitative estimate of drug-likeness (QED) is 0.438. The summed E-state index contributed by atoms with van der Waals surface area (Å²) in [4.78, 5) is 0. The van der Waals surface area contributed by atoms with E-state index in [-0.39, 0.29) is 11.5 Å². The van der Waals surface area contributed by atoms with Crippen LogP contribution in [0.4, 0.5) is 0 Å². The molecule has 31 heavy (non-hydrogen) atoms. The molecular weight excluding hydrogens is 376 g/mol. The molecule has 0 bridgehead atoms. The maximum absolute atomic E-state index is 10.8. The Morgan fingerprint density at radius 1 is 1.06 bits per heavy atom. The third kappa shape index (κ3) is 3.34. The van der Waals surface area contributed by atoms with Gasteiger partial charge >= 0.3 is 0 Å². The molecule has 0 heterocycles. The molecule has 0 aromatic carbocycles. The number of hydrogen-bond donors (Lipinski definition) is 1. The van der Waals surface area contributed by atoms with E-state index in [1.807, 2.05) is 5.57 Å². The summed E-state index contributed by atoms with van der Waals surface area (Å²) >= 11 is 0. The highest BCUT2D eigenvalue weighted by molar-refractivity contribution is 5.32. The molecule has 8 atom stereocenters. The first-order chi connectivity index (χ1) is 14.4. The Bertz CT molecular complexity index is 746. The van der Waals surface area contributed by atoms with Crippen molar-refractivity contribution in [2.24, 2.45) is 45.3 Å². The summed E-state index contributed by atoms with van der Waals surface area (Å²) in [6.45, 7) is 21.5. The first-order valence-corrected chi connectivity index (χ1v) is 13.4. The van der Waals surface area contributed by atoms with E-state index >= 15 is 0 Å². The first kappa shape index (κ1) is 23.6. The van der Waals surface area contributed by atoms with Gasteiger partial charge in [-0.15, -0.1) is 6.58 Å². The van der Waals surface area contributed by atoms with Gasteiger partial charge in [0, 0.05) is 0 Å². The van der Waals surface area contributed by atoms with Crippen molar-refractivity contribution >= 4 is 0 Å². The van der Waals surface area contributed by atoms with Crippen LogP contribution in [0.25, 0.3) is 0 Å². The van der Waals surface area contributed by atoms with Gasteiger partial charge in [0.05, 0.1) is 6.10 Å². The Morgan fingerprint density at radius 2 is 1.77 bits per heavy atom. The van der Waals surface area contributed by atoms with Crippen molar-refractivity contribution in [3.05, 3.63) is 23.8 Å². The summed E-state index contributed by atoms with van der Waals surface area (Å²) in [6, 6.07) is 0. The zero-order valence-corrected chi connectivity index (χ0v) is 21.7. The number of hydrogen-bond acceptors (Lipinski definition) is 1. The van der Waals surface area contributed by atoms with E-state index in [1.54, 1.807) is 0 Å². The lowest BCUT2D eigenvalue weighted by Gasteiger charge is -2.68. The van der Waals surface area contributed by atoms with Crippen molar-refractivity contribution in [2.45, 2.75) is 119 Å². The molecule has 0 unspecified atom stereocenters. The zero-order chi connectivity index (χ0) is 22.8. The van der Waals surface area contributed by atoms with Crippen molar-refractivity contribution in [1.29, 1.82) is 0 Å². The summed E-state index contributed by atoms with van der Waals surface area (Å²) in [5.41, 5.74) is 4.37. The van der Waals surface area contributed by atoms with E-state index in [4.69, 9.17) is 0 Å². The average Bonchev–Trinajstić information content (AvgIpc) is 3.03. The minimum atomic E-state index is -0.129. The number of aliphatic hydroxyl groups is 1. The topological polar surface area (TPSA) is 20.2 Å². The van der Waals surface area contributed by atoms with Crippen LogP contribution >= 0.6 is 0 Å². The van der Waals surface area contributed by atoms with E-state index in [0.717, 1.165) is 24.2 Å². The van der Waals surface area contributed by atoms with Crippen LogP contribution in [0.5, 0.6) is 0 Å². The largest absolute Gasteiger partial charge is 0.393 e. The highest BCUT2D eigenvalue weighted by atomic mass is 16.3. The van der Waals surface area contributed by atoms with Crippen LogP contribution in [0.15, 0.2) is 23.8 Å². The second-order valence-corrected chi connectivity index (χ2v) is 13.6. The van der Waals surface area contributed by atoms with Gasteiger partial charge in [-0.2, -0.15) is 0 Å². The summed E-state index contributed by atoms with van der Waals surface area (Å²) in [5, 5.41) is 10.8. The van der Waals surface area contributed by atoms with E-state index in [1.165, 1.54) is 63.4 Å². The fourth-order valence-corrected chi connectivity index (χ4v) is 9.64. The minimum absolute atomic E-state index is 0.0508. The second kappa shape index (κ2) is 7.75. The smallest absolute Gasteiger partial charge is 0.0594 e. The summed E-state index contributed by atoms with van der Waals surface area (Å²) in [6.07, 6.45) is 15.3. The van der Waals surface area contributed by atoms with Gasteiger partial charge in [-0.3, -0.25) is 0 Å². The van der Waals surface area contributed by atoms with Gasteiger partial charge in [0.2, 0.25) is 0 Å². The standard InChI is InChI=1S/C30H50O/c1-20(2)10-9-11-21(3)22-14-18-29(7)23(22)12-13-25-28(6)17-16-26(31)27(4,5)24(28)15-19-30(25,29)8/h12,21-22,24-26,31H,1,9-11,13-19H2,2-8H3/t21-,22-,24+,25-,26+,28+,29-,30-/m1/s1. The van der Waals surface area contributed by atoms with Crippen LogP contribution in [0.3, 0.4) is 0 Å². The third-order valence-electron chi connectivity index (χ3n) is 11.8. The van der Waals surface area contributed by atoms with Crippen LogP contribution in [0, 0.1) is 45.3 Å². The fourth-order valence-electron chi connectivity index (χ4n) is 9.64. The Balaban J connectivity index is 1.62. The van der Waals surface area contributed by atoms with Gasteiger partial charge < -0.3 is 5.11 Å². The molecule has 4 aliphatic rings. The molecule has 0 radical (unpaired) electrons. The van der Waals surface area contributed by atoms with Crippen molar-refractivity contribution in [1.82, 2.24) is 0 Å². The minimum Gasteiger partial charge on any atom is -0.393 e. The summed E-state index contributed by atoms with van der Waals surface area (Å²) < 4.78 is 0. The predicted octanol–water partition coefficient (Wildman–Crippen LogP) is 8.34. The van der Waals surface area contributed by atoms with Gasteiger partial charge in [0.1, 0.15) is 0 Å². The van der Waals surface area contributed by atoms with Gasteiger partial charge in [-0.25, -0.2) is 0 Å². The molecule has 3 fully saturated rings. The Labute approximate surface area is 193 Å². The van der Waals surface area contributed by atoms with Crippen molar-refractivity contribution in [3.63, 3.8) is 0 Å². The van der Waals surface area contributed by atoms with Crippen molar-refractivity contribution < 1.29 is 5.11 Å². The highest BCUT2D eigenvalue weighted by Gasteiger charge is 2.66. The van der Waals surface area contributed by atoms with Gasteiger partial charge in [-0.05, 0) is 116 Å². The fraction of sp³-hybridized carbons (Fsp3) is 0.867. The molecule has 3 saturated carbocycles. The van der Waals surface area contributed by atoms with Gasteiger partial charge in [0.25, 0.3) is 0 Å². The van der Waals surface area contributed by atoms with Crippen molar-refractivity contribution in [3.8, 4) is 0 Å². The lowest BCUT2D eigenvalue weighted by molar-refractivity contribution is -0.193. The third-order valence-corrected chi connectivity index (χ3v) is 11.8. The second-order valence-electron chi connectivity index (χ2n) is 13.6. The maximum atomic E-state index is 10.8. The van der Waals surface area contributed by atoms with Crippen LogP contribution in [-0.2, 0) is 0 Å². The highest BCUT2D eigenvalue weighted by Crippen LogP contribution is 2.74. The summed E-state index contributed by atoms with van der Waals surface area (Å²) in [5.74, 6) is 3.00. The molecule has 4 aliphatic carbocycles. The molecule has 4 rings (SSSR count). The molecule has 1 N–H and O–H groups in total. The van der Waals surface area contributed by atoms with Gasteiger partial charge in [0.15, 0.2) is 0 Å². The molecule has 0 amide bonds. The van der Waals surface area contributed by atoms with Crippen molar-refractivity contribution in [2.75, 3.05) is 0 Å². The van der Waals surface area contributed by atoms with Crippen LogP contribution in [0.1, 0.15) is 113 Å². The number of allylic oxidation sites excluding steroid dienone is 3. The molecular formula is C30H50O. The Kier molecular flexibility index (Phi) is 5.90. The molecule has 0 saturated heterocycles. The van der Waals surface area contributed by atoms with E-state index in [2.05, 4.69) is 61.1 Å². The number of rotatable bonds is 5. The summed E-state index contributed by atoms with van der Waals surface area (Å²) in [7, 11) is 0. The maximum Gasteiger partial charge on any atom is 0.0594 e. The Hall–Kier alpha value is -0.560. The molecule has 176 valence electrons. The number of aliphatic hydroxyl groups excluding tert-OH is 1. The Morgan fingerprint density at radius 3 is 2.45 bits per heavy atom. The molecule has 0 spiro atoms. The van der Waals surface area contributed by atoms with E-state index in [0.29, 0.717) is 22.2 Å². The lowest BCUT2D eigenvalue weighted by Crippen LogP contribution is -2.62. The van der Waals surface area contributed by atoms with Crippen LogP contribution in [-0.4, -0.2) is 11.2 Å². The van der Waals surface area contributed by atoms with Gasteiger partial charge in [-0.1, -0.05) is 58.8 Å². The SMILES string of the molecule is C=C(C)CCC[C@@H](C)[C@H]1CC[C@]2(C)C1=CC[C@@H]1[C@@]3(C)CC[C@H](O)C(C)(C)[C@@H]3CC[C@]12C. The molecule has 1 heteroatoms.